The van der Waals surface area contributed by atoms with Crippen molar-refractivity contribution in [3.05, 3.63) is 48.3 Å². The average molecular weight is 369 g/mol. The topological polar surface area (TPSA) is 74.7 Å². The molecule has 0 aliphatic heterocycles. The van der Waals surface area contributed by atoms with Crippen LogP contribution in [0.1, 0.15) is 31.2 Å². The largest absolute Gasteiger partial charge is 0.496 e. The van der Waals surface area contributed by atoms with Crippen LogP contribution >= 0.6 is 0 Å². The number of methoxy groups -OCH3 is 1. The van der Waals surface area contributed by atoms with Gasteiger partial charge in [-0.2, -0.15) is 0 Å². The van der Waals surface area contributed by atoms with Gasteiger partial charge in [-0.25, -0.2) is 4.79 Å². The number of carboxylic acid groups (broad SMARTS) is 1. The summed E-state index contributed by atoms with van der Waals surface area (Å²) in [4.78, 5) is 16.7. The minimum absolute atomic E-state index is 0.129. The van der Waals surface area contributed by atoms with Gasteiger partial charge in [-0.3, -0.25) is 4.98 Å². The zero-order chi connectivity index (χ0) is 19.2. The van der Waals surface area contributed by atoms with E-state index in [1.807, 2.05) is 30.5 Å². The van der Waals surface area contributed by atoms with Crippen molar-refractivity contribution in [3.63, 3.8) is 0 Å². The molecule has 2 N–H and O–H groups in total. The third kappa shape index (κ3) is 4.77. The second-order valence-corrected chi connectivity index (χ2v) is 7.05. The molecular weight excluding hydrogens is 342 g/mol. The summed E-state index contributed by atoms with van der Waals surface area (Å²) in [6, 6.07) is 10.7. The number of amides is 1. The predicted octanol–water partition coefficient (Wildman–Crippen LogP) is 3.77. The Balaban J connectivity index is 1.62. The Labute approximate surface area is 160 Å². The molecule has 2 aromatic rings. The molecular formula is C21H27N3O3. The van der Waals surface area contributed by atoms with Gasteiger partial charge in [0.2, 0.25) is 0 Å². The van der Waals surface area contributed by atoms with Gasteiger partial charge in [0, 0.05) is 49.2 Å². The van der Waals surface area contributed by atoms with Gasteiger partial charge in [0.05, 0.1) is 7.11 Å². The van der Waals surface area contributed by atoms with Crippen LogP contribution in [0.2, 0.25) is 0 Å². The number of nitrogens with zero attached hydrogens (tertiary/aromatic N) is 2. The summed E-state index contributed by atoms with van der Waals surface area (Å²) in [6.45, 7) is 0.724. The Morgan fingerprint density at radius 2 is 2.04 bits per heavy atom. The first-order chi connectivity index (χ1) is 13.1. The lowest BCUT2D eigenvalue weighted by Gasteiger charge is -2.33. The van der Waals surface area contributed by atoms with Crippen molar-refractivity contribution >= 4 is 6.09 Å². The number of hydrogen-bond donors (Lipinski definition) is 2. The lowest BCUT2D eigenvalue weighted by Crippen LogP contribution is -2.42. The Hall–Kier alpha value is -2.60. The number of nitrogens with one attached hydrogen (secondary N) is 1. The number of aromatic nitrogens is 1. The van der Waals surface area contributed by atoms with Crippen LogP contribution in [0.4, 0.5) is 4.79 Å². The molecule has 0 saturated heterocycles. The fraction of sp³-hybridized carbons (Fsp3) is 0.429. The van der Waals surface area contributed by atoms with E-state index in [-0.39, 0.29) is 6.04 Å². The maximum absolute atomic E-state index is 11.1. The van der Waals surface area contributed by atoms with E-state index in [1.165, 1.54) is 4.90 Å². The van der Waals surface area contributed by atoms with Crippen molar-refractivity contribution in [2.24, 2.45) is 0 Å². The van der Waals surface area contributed by atoms with Crippen molar-refractivity contribution < 1.29 is 14.6 Å². The lowest BCUT2D eigenvalue weighted by atomic mass is 9.90. The third-order valence-corrected chi connectivity index (χ3v) is 5.40. The molecule has 1 aromatic carbocycles. The molecule has 6 nitrogen and oxygen atoms in total. The number of carbonyl (C=O) groups is 1. The fourth-order valence-electron chi connectivity index (χ4n) is 3.71. The molecule has 0 unspecified atom stereocenters. The highest BCUT2D eigenvalue weighted by Crippen LogP contribution is 2.27. The molecule has 1 saturated carbocycles. The minimum atomic E-state index is -0.844. The van der Waals surface area contributed by atoms with E-state index < -0.39 is 6.09 Å². The highest BCUT2D eigenvalue weighted by atomic mass is 16.5. The summed E-state index contributed by atoms with van der Waals surface area (Å²) in [5.41, 5.74) is 3.31. The van der Waals surface area contributed by atoms with Crippen LogP contribution in [-0.2, 0) is 6.54 Å². The molecule has 0 atom stereocenters. The van der Waals surface area contributed by atoms with E-state index in [4.69, 9.17) is 9.84 Å². The summed E-state index contributed by atoms with van der Waals surface area (Å²) < 4.78 is 5.52. The molecule has 3 rings (SSSR count). The van der Waals surface area contributed by atoms with Crippen LogP contribution in [0, 0.1) is 0 Å². The molecule has 1 aliphatic rings. The highest BCUT2D eigenvalue weighted by Gasteiger charge is 2.26. The van der Waals surface area contributed by atoms with E-state index in [0.717, 1.165) is 54.7 Å². The molecule has 0 bridgehead atoms. The molecule has 1 aromatic heterocycles. The number of pyridine rings is 1. The monoisotopic (exact) mass is 369 g/mol. The third-order valence-electron chi connectivity index (χ3n) is 5.40. The van der Waals surface area contributed by atoms with Gasteiger partial charge < -0.3 is 20.1 Å². The molecule has 1 aliphatic carbocycles. The van der Waals surface area contributed by atoms with E-state index in [2.05, 4.69) is 16.4 Å². The molecule has 1 heterocycles. The Bertz CT molecular complexity index is 759. The van der Waals surface area contributed by atoms with Crippen LogP contribution in [0.3, 0.4) is 0 Å². The van der Waals surface area contributed by atoms with Gasteiger partial charge in [-0.05, 0) is 49.4 Å². The van der Waals surface area contributed by atoms with Crippen LogP contribution in [0.25, 0.3) is 11.1 Å². The average Bonchev–Trinajstić information content (AvgIpc) is 2.72. The molecule has 144 valence electrons. The Kier molecular flexibility index (Phi) is 6.29. The van der Waals surface area contributed by atoms with Crippen LogP contribution < -0.4 is 10.1 Å². The number of benzene rings is 1. The molecule has 0 spiro atoms. The highest BCUT2D eigenvalue weighted by molar-refractivity contribution is 5.65. The van der Waals surface area contributed by atoms with Crippen molar-refractivity contribution in [1.29, 1.82) is 0 Å². The van der Waals surface area contributed by atoms with Gasteiger partial charge in [0.15, 0.2) is 0 Å². The summed E-state index contributed by atoms with van der Waals surface area (Å²) >= 11 is 0. The van der Waals surface area contributed by atoms with Crippen molar-refractivity contribution in [1.82, 2.24) is 15.2 Å². The molecule has 0 radical (unpaired) electrons. The molecule has 1 fully saturated rings. The first-order valence-electron chi connectivity index (χ1n) is 9.35. The summed E-state index contributed by atoms with van der Waals surface area (Å²) in [6.07, 6.45) is 6.54. The summed E-state index contributed by atoms with van der Waals surface area (Å²) in [5, 5.41) is 12.7. The van der Waals surface area contributed by atoms with E-state index in [0.29, 0.717) is 6.04 Å². The van der Waals surface area contributed by atoms with Crippen molar-refractivity contribution in [2.75, 3.05) is 14.2 Å². The quantitative estimate of drug-likeness (QED) is 0.811. The van der Waals surface area contributed by atoms with Gasteiger partial charge in [0.1, 0.15) is 5.75 Å². The SMILES string of the molecule is COc1ccc(-c2cccnc2)cc1CNC1CCC(N(C)C(=O)O)CC1. The van der Waals surface area contributed by atoms with Gasteiger partial charge in [-0.15, -0.1) is 0 Å². The van der Waals surface area contributed by atoms with Crippen LogP contribution in [0.5, 0.6) is 5.75 Å². The van der Waals surface area contributed by atoms with Crippen molar-refractivity contribution in [3.8, 4) is 16.9 Å². The zero-order valence-electron chi connectivity index (χ0n) is 15.9. The Morgan fingerprint density at radius 3 is 2.67 bits per heavy atom. The predicted molar refractivity (Wildman–Crippen MR) is 105 cm³/mol. The number of hydrogen-bond acceptors (Lipinski definition) is 4. The lowest BCUT2D eigenvalue weighted by molar-refractivity contribution is 0.122. The standard InChI is InChI=1S/C21H27N3O3/c1-24(21(25)26)19-8-6-18(7-9-19)23-14-17-12-15(5-10-20(17)27-2)16-4-3-11-22-13-16/h3-5,10-13,18-19,23H,6-9,14H2,1-2H3,(H,25,26). The molecule has 27 heavy (non-hydrogen) atoms. The minimum Gasteiger partial charge on any atom is -0.496 e. The van der Waals surface area contributed by atoms with Gasteiger partial charge in [-0.1, -0.05) is 12.1 Å². The first-order valence-corrected chi connectivity index (χ1v) is 9.35. The number of ether oxygens (including phenoxy) is 1. The Morgan fingerprint density at radius 1 is 1.26 bits per heavy atom. The van der Waals surface area contributed by atoms with E-state index in [1.54, 1.807) is 20.4 Å². The maximum atomic E-state index is 11.1. The van der Waals surface area contributed by atoms with Gasteiger partial charge >= 0.3 is 6.09 Å². The smallest absolute Gasteiger partial charge is 0.407 e. The second kappa shape index (κ2) is 8.86. The van der Waals surface area contributed by atoms with Gasteiger partial charge in [0.25, 0.3) is 0 Å². The van der Waals surface area contributed by atoms with Crippen LogP contribution in [0.15, 0.2) is 42.7 Å². The van der Waals surface area contributed by atoms with Crippen LogP contribution in [-0.4, -0.2) is 47.3 Å². The zero-order valence-corrected chi connectivity index (χ0v) is 15.9. The van der Waals surface area contributed by atoms with E-state index >= 15 is 0 Å². The maximum Gasteiger partial charge on any atom is 0.407 e. The normalized spacial score (nSPS) is 19.5. The van der Waals surface area contributed by atoms with E-state index in [9.17, 15) is 4.79 Å². The fourth-order valence-corrected chi connectivity index (χ4v) is 3.71. The molecule has 6 heteroatoms. The summed E-state index contributed by atoms with van der Waals surface area (Å²) in [7, 11) is 3.35. The summed E-state index contributed by atoms with van der Waals surface area (Å²) in [5.74, 6) is 0.870. The first kappa shape index (κ1) is 19.2. The second-order valence-electron chi connectivity index (χ2n) is 7.05. The molecule has 1 amide bonds. The van der Waals surface area contributed by atoms with Crippen molar-refractivity contribution in [2.45, 2.75) is 44.3 Å². The number of rotatable bonds is 6.